The van der Waals surface area contributed by atoms with E-state index in [4.69, 9.17) is 4.74 Å². The molecule has 0 aliphatic heterocycles. The highest BCUT2D eigenvalue weighted by Crippen LogP contribution is 2.42. The molecule has 3 heteroatoms. The molecule has 0 heterocycles. The van der Waals surface area contributed by atoms with E-state index < -0.39 is 6.30 Å². The van der Waals surface area contributed by atoms with Crippen LogP contribution in [0.3, 0.4) is 0 Å². The average molecular weight is 347 g/mol. The molecule has 1 aliphatic rings. The maximum absolute atomic E-state index is 14.3. The van der Waals surface area contributed by atoms with E-state index in [1.54, 1.807) is 0 Å². The van der Waals surface area contributed by atoms with Gasteiger partial charge in [0, 0.05) is 17.5 Å². The summed E-state index contributed by atoms with van der Waals surface area (Å²) >= 11 is 0. The Balaban J connectivity index is 1.29. The molecule has 1 N–H and O–H groups in total. The van der Waals surface area contributed by atoms with Crippen LogP contribution in [0.25, 0.3) is 0 Å². The van der Waals surface area contributed by atoms with Gasteiger partial charge in [0.2, 0.25) is 0 Å². The highest BCUT2D eigenvalue weighted by Gasteiger charge is 2.39. The molecule has 1 fully saturated rings. The molecule has 0 saturated heterocycles. The number of rotatable bonds is 7. The van der Waals surface area contributed by atoms with E-state index in [1.807, 2.05) is 60.7 Å². The molecule has 2 nitrogen and oxygen atoms in total. The Morgan fingerprint density at radius 3 is 2.23 bits per heavy atom. The minimum absolute atomic E-state index is 0.196. The first-order valence-corrected chi connectivity index (χ1v) is 9.01. The van der Waals surface area contributed by atoms with Crippen LogP contribution >= 0.6 is 0 Å². The van der Waals surface area contributed by atoms with Crippen LogP contribution < -0.4 is 10.1 Å². The van der Waals surface area contributed by atoms with Gasteiger partial charge in [-0.3, -0.25) is 5.32 Å². The van der Waals surface area contributed by atoms with E-state index in [2.05, 4.69) is 29.6 Å². The molecular weight excluding hydrogens is 325 g/mol. The van der Waals surface area contributed by atoms with Gasteiger partial charge >= 0.3 is 0 Å². The zero-order chi connectivity index (χ0) is 17.8. The van der Waals surface area contributed by atoms with Crippen molar-refractivity contribution in [3.8, 4) is 5.75 Å². The molecule has 0 spiro atoms. The highest BCUT2D eigenvalue weighted by molar-refractivity contribution is 5.34. The number of alkyl halides is 1. The second kappa shape index (κ2) is 7.71. The van der Waals surface area contributed by atoms with Gasteiger partial charge in [0.25, 0.3) is 0 Å². The van der Waals surface area contributed by atoms with Crippen molar-refractivity contribution in [2.75, 3.05) is 0 Å². The number of hydrogen-bond acceptors (Lipinski definition) is 2. The predicted octanol–water partition coefficient (Wildman–Crippen LogP) is 5.38. The molecule has 0 aromatic heterocycles. The third-order valence-electron chi connectivity index (χ3n) is 4.80. The normalized spacial score (nSPS) is 19.7. The lowest BCUT2D eigenvalue weighted by Crippen LogP contribution is -2.21. The number of benzene rings is 3. The Bertz CT molecular complexity index is 820. The molecule has 3 aromatic carbocycles. The first-order chi connectivity index (χ1) is 12.8. The van der Waals surface area contributed by atoms with E-state index in [1.165, 1.54) is 5.56 Å². The third-order valence-corrected chi connectivity index (χ3v) is 4.80. The van der Waals surface area contributed by atoms with Gasteiger partial charge in [0.1, 0.15) is 12.4 Å². The molecule has 4 rings (SSSR count). The summed E-state index contributed by atoms with van der Waals surface area (Å²) in [7, 11) is 0. The number of nitrogens with one attached hydrogen (secondary N) is 1. The summed E-state index contributed by atoms with van der Waals surface area (Å²) in [4.78, 5) is 0. The summed E-state index contributed by atoms with van der Waals surface area (Å²) in [5, 5.41) is 3.08. The van der Waals surface area contributed by atoms with Crippen LogP contribution in [0.2, 0.25) is 0 Å². The van der Waals surface area contributed by atoms with Crippen molar-refractivity contribution in [2.24, 2.45) is 0 Å². The minimum Gasteiger partial charge on any atom is -0.489 e. The Hall–Kier alpha value is -2.65. The molecule has 0 amide bonds. The van der Waals surface area contributed by atoms with Gasteiger partial charge in [-0.2, -0.15) is 0 Å². The van der Waals surface area contributed by atoms with Gasteiger partial charge in [0.15, 0.2) is 6.30 Å². The zero-order valence-electron chi connectivity index (χ0n) is 14.5. The lowest BCUT2D eigenvalue weighted by molar-refractivity contribution is 0.276. The lowest BCUT2D eigenvalue weighted by Gasteiger charge is -2.11. The standard InChI is InChI=1S/C23H22FNO/c24-23(19-9-5-2-6-10-19)25-22-15-21(22)18-11-13-20(14-12-18)26-16-17-7-3-1-4-8-17/h1-14,21-23,25H,15-16H2. The van der Waals surface area contributed by atoms with Crippen molar-refractivity contribution >= 4 is 0 Å². The molecule has 1 saturated carbocycles. The van der Waals surface area contributed by atoms with Crippen molar-refractivity contribution in [1.82, 2.24) is 5.32 Å². The molecule has 26 heavy (non-hydrogen) atoms. The van der Waals surface area contributed by atoms with Crippen molar-refractivity contribution < 1.29 is 9.13 Å². The fourth-order valence-corrected chi connectivity index (χ4v) is 3.21. The van der Waals surface area contributed by atoms with E-state index in [9.17, 15) is 4.39 Å². The van der Waals surface area contributed by atoms with Crippen LogP contribution in [0.5, 0.6) is 5.75 Å². The molecule has 0 bridgehead atoms. The maximum Gasteiger partial charge on any atom is 0.177 e. The fourth-order valence-electron chi connectivity index (χ4n) is 3.21. The molecule has 0 radical (unpaired) electrons. The number of hydrogen-bond donors (Lipinski definition) is 1. The summed E-state index contributed by atoms with van der Waals surface area (Å²) in [5.74, 6) is 1.23. The van der Waals surface area contributed by atoms with Gasteiger partial charge in [-0.25, -0.2) is 4.39 Å². The van der Waals surface area contributed by atoms with Gasteiger partial charge in [-0.1, -0.05) is 72.8 Å². The Labute approximate surface area is 153 Å². The molecule has 3 atom stereocenters. The SMILES string of the molecule is FC(NC1CC1c1ccc(OCc2ccccc2)cc1)c1ccccc1. The molecular formula is C23H22FNO. The lowest BCUT2D eigenvalue weighted by atomic mass is 10.1. The summed E-state index contributed by atoms with van der Waals surface area (Å²) in [5.41, 5.74) is 3.07. The molecule has 132 valence electrons. The first-order valence-electron chi connectivity index (χ1n) is 9.01. The second-order valence-corrected chi connectivity index (χ2v) is 6.73. The monoisotopic (exact) mass is 347 g/mol. The Morgan fingerprint density at radius 1 is 0.885 bits per heavy atom. The van der Waals surface area contributed by atoms with Crippen LogP contribution in [0.4, 0.5) is 4.39 Å². The maximum atomic E-state index is 14.3. The van der Waals surface area contributed by atoms with E-state index in [-0.39, 0.29) is 6.04 Å². The topological polar surface area (TPSA) is 21.3 Å². The van der Waals surface area contributed by atoms with Crippen molar-refractivity contribution in [1.29, 1.82) is 0 Å². The number of halogens is 1. The van der Waals surface area contributed by atoms with Crippen LogP contribution in [-0.4, -0.2) is 6.04 Å². The Morgan fingerprint density at radius 2 is 1.54 bits per heavy atom. The van der Waals surface area contributed by atoms with Gasteiger partial charge < -0.3 is 4.74 Å². The largest absolute Gasteiger partial charge is 0.489 e. The quantitative estimate of drug-likeness (QED) is 0.579. The molecule has 3 aromatic rings. The van der Waals surface area contributed by atoms with Crippen LogP contribution in [0.15, 0.2) is 84.9 Å². The third kappa shape index (κ3) is 4.12. The summed E-state index contributed by atoms with van der Waals surface area (Å²) < 4.78 is 20.1. The van der Waals surface area contributed by atoms with E-state index in [0.717, 1.165) is 17.7 Å². The number of ether oxygens (including phenoxy) is 1. The zero-order valence-corrected chi connectivity index (χ0v) is 14.5. The summed E-state index contributed by atoms with van der Waals surface area (Å²) in [6, 6.07) is 27.7. The van der Waals surface area contributed by atoms with E-state index in [0.29, 0.717) is 18.1 Å². The molecule has 1 aliphatic carbocycles. The van der Waals surface area contributed by atoms with Gasteiger partial charge in [0.05, 0.1) is 0 Å². The van der Waals surface area contributed by atoms with Crippen molar-refractivity contribution in [2.45, 2.75) is 31.3 Å². The molecule has 3 unspecified atom stereocenters. The average Bonchev–Trinajstić information content (AvgIpc) is 3.47. The van der Waals surface area contributed by atoms with Crippen LogP contribution in [-0.2, 0) is 6.61 Å². The van der Waals surface area contributed by atoms with Gasteiger partial charge in [-0.15, -0.1) is 0 Å². The second-order valence-electron chi connectivity index (χ2n) is 6.73. The fraction of sp³-hybridized carbons (Fsp3) is 0.217. The smallest absolute Gasteiger partial charge is 0.177 e. The van der Waals surface area contributed by atoms with Crippen LogP contribution in [0, 0.1) is 0 Å². The Kier molecular flexibility index (Phi) is 4.98. The summed E-state index contributed by atoms with van der Waals surface area (Å²) in [6.07, 6.45) is -0.142. The van der Waals surface area contributed by atoms with Crippen molar-refractivity contribution in [3.05, 3.63) is 102 Å². The van der Waals surface area contributed by atoms with E-state index >= 15 is 0 Å². The summed E-state index contributed by atoms with van der Waals surface area (Å²) in [6.45, 7) is 0.564. The highest BCUT2D eigenvalue weighted by atomic mass is 19.1. The minimum atomic E-state index is -1.11. The van der Waals surface area contributed by atoms with Crippen molar-refractivity contribution in [3.63, 3.8) is 0 Å². The van der Waals surface area contributed by atoms with Crippen LogP contribution in [0.1, 0.15) is 35.3 Å². The van der Waals surface area contributed by atoms with Gasteiger partial charge in [-0.05, 0) is 29.7 Å². The first kappa shape index (κ1) is 16.8. The predicted molar refractivity (Wildman–Crippen MR) is 102 cm³/mol.